The summed E-state index contributed by atoms with van der Waals surface area (Å²) in [5.41, 5.74) is 9.33. The lowest BCUT2D eigenvalue weighted by Gasteiger charge is -2.02. The maximum Gasteiger partial charge on any atom is 0.139 e. The third-order valence-electron chi connectivity index (χ3n) is 3.34. The first-order valence-electron chi connectivity index (χ1n) is 6.59. The quantitative estimate of drug-likeness (QED) is 0.697. The van der Waals surface area contributed by atoms with E-state index in [1.54, 1.807) is 11.3 Å². The van der Waals surface area contributed by atoms with E-state index in [0.29, 0.717) is 0 Å². The molecule has 3 nitrogen and oxygen atoms in total. The monoisotopic (exact) mass is 271 g/mol. The zero-order valence-corrected chi connectivity index (χ0v) is 11.5. The summed E-state index contributed by atoms with van der Waals surface area (Å²) in [6, 6.07) is 8.46. The van der Waals surface area contributed by atoms with Crippen molar-refractivity contribution in [2.45, 2.75) is 19.3 Å². The van der Waals surface area contributed by atoms with Gasteiger partial charge in [-0.2, -0.15) is 0 Å². The zero-order valence-electron chi connectivity index (χ0n) is 10.7. The molecule has 0 saturated carbocycles. The first-order valence-corrected chi connectivity index (χ1v) is 7.47. The molecule has 3 N–H and O–H groups in total. The largest absolute Gasteiger partial charge is 0.352 e. The maximum absolute atomic E-state index is 5.60. The summed E-state index contributed by atoms with van der Waals surface area (Å²) in [6.07, 6.45) is 5.10. The molecule has 0 saturated heterocycles. The van der Waals surface area contributed by atoms with Gasteiger partial charge in [0.05, 0.1) is 5.69 Å². The van der Waals surface area contributed by atoms with Gasteiger partial charge in [-0.3, -0.25) is 0 Å². The Morgan fingerprint density at radius 3 is 2.89 bits per heavy atom. The van der Waals surface area contributed by atoms with Crippen molar-refractivity contribution in [1.29, 1.82) is 0 Å². The van der Waals surface area contributed by atoms with Gasteiger partial charge in [0.15, 0.2) is 0 Å². The third-order valence-corrected chi connectivity index (χ3v) is 4.13. The molecule has 0 amide bonds. The predicted molar refractivity (Wildman–Crippen MR) is 81.4 cm³/mol. The molecule has 2 heterocycles. The Morgan fingerprint density at radius 2 is 2.11 bits per heavy atom. The second-order valence-electron chi connectivity index (χ2n) is 4.61. The van der Waals surface area contributed by atoms with Crippen LogP contribution in [0.25, 0.3) is 21.6 Å². The van der Waals surface area contributed by atoms with Crippen LogP contribution in [0, 0.1) is 0 Å². The SMILES string of the molecule is NCCCCc1c(-c2nccs2)[nH]c2ccccc12. The molecule has 0 spiro atoms. The average Bonchev–Trinajstić information content (AvgIpc) is 3.06. The highest BCUT2D eigenvalue weighted by Gasteiger charge is 2.13. The number of rotatable bonds is 5. The highest BCUT2D eigenvalue weighted by atomic mass is 32.1. The summed E-state index contributed by atoms with van der Waals surface area (Å²) in [7, 11) is 0. The topological polar surface area (TPSA) is 54.7 Å². The van der Waals surface area contributed by atoms with Crippen molar-refractivity contribution < 1.29 is 0 Å². The first kappa shape index (κ1) is 12.4. The van der Waals surface area contributed by atoms with Gasteiger partial charge in [-0.25, -0.2) is 4.98 Å². The second-order valence-corrected chi connectivity index (χ2v) is 5.50. The number of hydrogen-bond donors (Lipinski definition) is 2. The molecule has 98 valence electrons. The van der Waals surface area contributed by atoms with Crippen molar-refractivity contribution in [3.05, 3.63) is 41.4 Å². The van der Waals surface area contributed by atoms with E-state index >= 15 is 0 Å². The minimum Gasteiger partial charge on any atom is -0.352 e. The zero-order chi connectivity index (χ0) is 13.1. The summed E-state index contributed by atoms with van der Waals surface area (Å²) in [6.45, 7) is 0.759. The maximum atomic E-state index is 5.60. The van der Waals surface area contributed by atoms with Crippen LogP contribution in [-0.4, -0.2) is 16.5 Å². The van der Waals surface area contributed by atoms with Crippen LogP contribution < -0.4 is 5.73 Å². The van der Waals surface area contributed by atoms with E-state index in [-0.39, 0.29) is 0 Å². The number of H-pyrrole nitrogens is 1. The van der Waals surface area contributed by atoms with Gasteiger partial charge in [0.25, 0.3) is 0 Å². The molecular weight excluding hydrogens is 254 g/mol. The summed E-state index contributed by atoms with van der Waals surface area (Å²) in [5.74, 6) is 0. The number of thiazole rings is 1. The Morgan fingerprint density at radius 1 is 1.21 bits per heavy atom. The van der Waals surface area contributed by atoms with E-state index in [9.17, 15) is 0 Å². The Labute approximate surface area is 116 Å². The number of fused-ring (bicyclic) bond motifs is 1. The highest BCUT2D eigenvalue weighted by molar-refractivity contribution is 7.13. The van der Waals surface area contributed by atoms with Crippen molar-refractivity contribution in [3.8, 4) is 10.7 Å². The average molecular weight is 271 g/mol. The standard InChI is InChI=1S/C15H17N3S/c16-8-4-3-6-12-11-5-1-2-7-13(11)18-14(12)15-17-9-10-19-15/h1-2,5,7,9-10,18H,3-4,6,8,16H2. The fraction of sp³-hybridized carbons (Fsp3) is 0.267. The molecule has 0 aliphatic carbocycles. The van der Waals surface area contributed by atoms with Gasteiger partial charge in [-0.15, -0.1) is 11.3 Å². The van der Waals surface area contributed by atoms with Crippen molar-refractivity contribution in [3.63, 3.8) is 0 Å². The molecule has 0 fully saturated rings. The Kier molecular flexibility index (Phi) is 3.62. The van der Waals surface area contributed by atoms with Crippen molar-refractivity contribution in [1.82, 2.24) is 9.97 Å². The minimum atomic E-state index is 0.759. The van der Waals surface area contributed by atoms with Crippen LogP contribution in [0.1, 0.15) is 18.4 Å². The molecule has 3 rings (SSSR count). The van der Waals surface area contributed by atoms with Gasteiger partial charge in [0, 0.05) is 22.5 Å². The fourth-order valence-electron chi connectivity index (χ4n) is 2.44. The number of nitrogens with two attached hydrogens (primary N) is 1. The predicted octanol–water partition coefficient (Wildman–Crippen LogP) is 3.57. The van der Waals surface area contributed by atoms with Crippen LogP contribution in [0.15, 0.2) is 35.8 Å². The number of nitrogens with zero attached hydrogens (tertiary/aromatic N) is 1. The molecule has 1 aromatic carbocycles. The van der Waals surface area contributed by atoms with E-state index in [0.717, 1.165) is 30.8 Å². The molecule has 0 radical (unpaired) electrons. The minimum absolute atomic E-state index is 0.759. The number of aryl methyl sites for hydroxylation is 1. The van der Waals surface area contributed by atoms with Crippen LogP contribution >= 0.6 is 11.3 Å². The van der Waals surface area contributed by atoms with E-state index in [2.05, 4.69) is 34.2 Å². The van der Waals surface area contributed by atoms with E-state index in [1.165, 1.54) is 22.2 Å². The van der Waals surface area contributed by atoms with Crippen molar-refractivity contribution in [2.24, 2.45) is 5.73 Å². The molecule has 0 aliphatic heterocycles. The molecule has 19 heavy (non-hydrogen) atoms. The lowest BCUT2D eigenvalue weighted by atomic mass is 10.0. The van der Waals surface area contributed by atoms with Crippen molar-refractivity contribution in [2.75, 3.05) is 6.54 Å². The number of hydrogen-bond acceptors (Lipinski definition) is 3. The van der Waals surface area contributed by atoms with Gasteiger partial charge < -0.3 is 10.7 Å². The molecule has 0 unspecified atom stereocenters. The fourth-order valence-corrected chi connectivity index (χ4v) is 3.10. The third kappa shape index (κ3) is 2.41. The van der Waals surface area contributed by atoms with Crippen LogP contribution in [0.3, 0.4) is 0 Å². The van der Waals surface area contributed by atoms with Gasteiger partial charge in [0.2, 0.25) is 0 Å². The molecule has 4 heteroatoms. The smallest absolute Gasteiger partial charge is 0.139 e. The lowest BCUT2D eigenvalue weighted by molar-refractivity contribution is 0.748. The lowest BCUT2D eigenvalue weighted by Crippen LogP contribution is -1.99. The van der Waals surface area contributed by atoms with Crippen LogP contribution in [-0.2, 0) is 6.42 Å². The molecule has 0 aliphatic rings. The summed E-state index contributed by atoms with van der Waals surface area (Å²) in [5, 5.41) is 4.40. The first-order chi connectivity index (χ1) is 9.40. The Balaban J connectivity index is 2.06. The number of nitrogens with one attached hydrogen (secondary N) is 1. The number of aromatic nitrogens is 2. The molecule has 0 bridgehead atoms. The number of para-hydroxylation sites is 1. The summed E-state index contributed by atoms with van der Waals surface area (Å²) < 4.78 is 0. The van der Waals surface area contributed by atoms with E-state index < -0.39 is 0 Å². The Hall–Kier alpha value is -1.65. The van der Waals surface area contributed by atoms with Gasteiger partial charge in [0.1, 0.15) is 5.01 Å². The molecule has 0 atom stereocenters. The number of benzene rings is 1. The van der Waals surface area contributed by atoms with Crippen LogP contribution in [0.5, 0.6) is 0 Å². The van der Waals surface area contributed by atoms with Crippen LogP contribution in [0.2, 0.25) is 0 Å². The molecular formula is C15H17N3S. The van der Waals surface area contributed by atoms with E-state index in [4.69, 9.17) is 5.73 Å². The van der Waals surface area contributed by atoms with Gasteiger partial charge in [-0.1, -0.05) is 18.2 Å². The summed E-state index contributed by atoms with van der Waals surface area (Å²) in [4.78, 5) is 7.94. The number of aromatic amines is 1. The van der Waals surface area contributed by atoms with E-state index in [1.807, 2.05) is 11.6 Å². The van der Waals surface area contributed by atoms with Crippen molar-refractivity contribution >= 4 is 22.2 Å². The Bertz CT molecular complexity index is 655. The molecule has 3 aromatic rings. The second kappa shape index (κ2) is 5.55. The van der Waals surface area contributed by atoms with Gasteiger partial charge >= 0.3 is 0 Å². The number of unbranched alkanes of at least 4 members (excludes halogenated alkanes) is 1. The van der Waals surface area contributed by atoms with Crippen LogP contribution in [0.4, 0.5) is 0 Å². The summed E-state index contributed by atoms with van der Waals surface area (Å²) >= 11 is 1.68. The normalized spacial score (nSPS) is 11.2. The van der Waals surface area contributed by atoms with Gasteiger partial charge in [-0.05, 0) is 37.4 Å². The highest BCUT2D eigenvalue weighted by Crippen LogP contribution is 2.32. The molecule has 2 aromatic heterocycles.